The number of aromatic nitrogens is 4. The fourth-order valence-corrected chi connectivity index (χ4v) is 2.91. The van der Waals surface area contributed by atoms with E-state index in [4.69, 9.17) is 9.26 Å². The second kappa shape index (κ2) is 6.88. The Morgan fingerprint density at radius 2 is 1.80 bits per heavy atom. The monoisotopic (exact) mass is 337 g/mol. The average molecular weight is 337 g/mol. The van der Waals surface area contributed by atoms with Gasteiger partial charge in [-0.2, -0.15) is 15.0 Å². The summed E-state index contributed by atoms with van der Waals surface area (Å²) in [5.74, 6) is 1.76. The molecule has 0 spiro atoms. The van der Waals surface area contributed by atoms with Gasteiger partial charge in [0.15, 0.2) is 17.3 Å². The van der Waals surface area contributed by atoms with Gasteiger partial charge in [0.05, 0.1) is 7.11 Å². The molecule has 25 heavy (non-hydrogen) atoms. The number of rotatable bonds is 4. The largest absolute Gasteiger partial charge is 0.467 e. The standard InChI is InChI=1S/C18H19N5O2/c1-24-18-20-16(19-17(21-18)23-10-6-3-7-11-23)14-12-15(25-22-14)13-8-4-2-5-9-13/h2,4-5,8-9,12H,3,6-7,10-11H2,1H3. The van der Waals surface area contributed by atoms with Crippen molar-refractivity contribution < 1.29 is 9.26 Å². The van der Waals surface area contributed by atoms with Crippen LogP contribution in [0.5, 0.6) is 6.01 Å². The molecule has 0 amide bonds. The predicted octanol–water partition coefficient (Wildman–Crippen LogP) is 3.19. The van der Waals surface area contributed by atoms with E-state index in [2.05, 4.69) is 25.0 Å². The van der Waals surface area contributed by atoms with E-state index in [-0.39, 0.29) is 6.01 Å². The molecular weight excluding hydrogens is 318 g/mol. The first-order valence-corrected chi connectivity index (χ1v) is 8.41. The van der Waals surface area contributed by atoms with Crippen molar-refractivity contribution in [3.63, 3.8) is 0 Å². The topological polar surface area (TPSA) is 77.2 Å². The van der Waals surface area contributed by atoms with Gasteiger partial charge in [0.2, 0.25) is 5.95 Å². The first kappa shape index (κ1) is 15.6. The first-order chi connectivity index (χ1) is 12.3. The summed E-state index contributed by atoms with van der Waals surface area (Å²) in [7, 11) is 1.55. The molecule has 7 nitrogen and oxygen atoms in total. The fourth-order valence-electron chi connectivity index (χ4n) is 2.91. The number of hydrogen-bond acceptors (Lipinski definition) is 7. The van der Waals surface area contributed by atoms with E-state index in [1.807, 2.05) is 36.4 Å². The van der Waals surface area contributed by atoms with E-state index < -0.39 is 0 Å². The van der Waals surface area contributed by atoms with Gasteiger partial charge in [-0.05, 0) is 19.3 Å². The van der Waals surface area contributed by atoms with Crippen LogP contribution in [-0.4, -0.2) is 40.3 Å². The number of piperidine rings is 1. The van der Waals surface area contributed by atoms with Crippen LogP contribution in [0, 0.1) is 0 Å². The van der Waals surface area contributed by atoms with Crippen molar-refractivity contribution in [3.8, 4) is 28.9 Å². The molecule has 1 aromatic carbocycles. The molecule has 1 saturated heterocycles. The van der Waals surface area contributed by atoms with Crippen LogP contribution in [0.25, 0.3) is 22.8 Å². The number of nitrogens with zero attached hydrogens (tertiary/aromatic N) is 5. The molecule has 1 aliphatic heterocycles. The van der Waals surface area contributed by atoms with Crippen LogP contribution in [0.2, 0.25) is 0 Å². The molecule has 0 radical (unpaired) electrons. The van der Waals surface area contributed by atoms with Crippen LogP contribution in [0.15, 0.2) is 40.9 Å². The Bertz CT molecular complexity index is 844. The molecule has 1 fully saturated rings. The van der Waals surface area contributed by atoms with Crippen LogP contribution < -0.4 is 9.64 Å². The molecule has 128 valence electrons. The minimum atomic E-state index is 0.287. The first-order valence-electron chi connectivity index (χ1n) is 8.41. The Balaban J connectivity index is 1.69. The van der Waals surface area contributed by atoms with E-state index in [9.17, 15) is 0 Å². The van der Waals surface area contributed by atoms with Crippen molar-refractivity contribution in [1.82, 2.24) is 20.1 Å². The summed E-state index contributed by atoms with van der Waals surface area (Å²) >= 11 is 0. The fraction of sp³-hybridized carbons (Fsp3) is 0.333. The summed E-state index contributed by atoms with van der Waals surface area (Å²) in [6, 6.07) is 11.9. The molecule has 2 aromatic heterocycles. The van der Waals surface area contributed by atoms with E-state index in [1.165, 1.54) is 6.42 Å². The SMILES string of the molecule is COc1nc(-c2cc(-c3ccccc3)on2)nc(N2CCCCC2)n1. The van der Waals surface area contributed by atoms with Crippen LogP contribution in [0.3, 0.4) is 0 Å². The van der Waals surface area contributed by atoms with Crippen molar-refractivity contribution in [2.75, 3.05) is 25.1 Å². The molecular formula is C18H19N5O2. The molecule has 0 bridgehead atoms. The van der Waals surface area contributed by atoms with Gasteiger partial charge >= 0.3 is 6.01 Å². The minimum absolute atomic E-state index is 0.287. The lowest BCUT2D eigenvalue weighted by Gasteiger charge is -2.26. The maximum atomic E-state index is 5.46. The van der Waals surface area contributed by atoms with Crippen molar-refractivity contribution in [2.45, 2.75) is 19.3 Å². The molecule has 1 aliphatic rings. The zero-order valence-corrected chi connectivity index (χ0v) is 14.1. The van der Waals surface area contributed by atoms with Gasteiger partial charge in [0.25, 0.3) is 0 Å². The van der Waals surface area contributed by atoms with Crippen LogP contribution in [-0.2, 0) is 0 Å². The van der Waals surface area contributed by atoms with Crippen LogP contribution >= 0.6 is 0 Å². The van der Waals surface area contributed by atoms with Crippen molar-refractivity contribution >= 4 is 5.95 Å². The third kappa shape index (κ3) is 3.31. The third-order valence-electron chi connectivity index (χ3n) is 4.22. The Morgan fingerprint density at radius 3 is 2.56 bits per heavy atom. The highest BCUT2D eigenvalue weighted by Crippen LogP contribution is 2.26. The molecule has 0 saturated carbocycles. The van der Waals surface area contributed by atoms with Gasteiger partial charge < -0.3 is 14.2 Å². The number of anilines is 1. The van der Waals surface area contributed by atoms with Gasteiger partial charge in [-0.25, -0.2) is 0 Å². The van der Waals surface area contributed by atoms with Crippen molar-refractivity contribution in [3.05, 3.63) is 36.4 Å². The van der Waals surface area contributed by atoms with E-state index in [0.717, 1.165) is 31.5 Å². The van der Waals surface area contributed by atoms with E-state index >= 15 is 0 Å². The van der Waals surface area contributed by atoms with Gasteiger partial charge in [-0.15, -0.1) is 0 Å². The second-order valence-corrected chi connectivity index (χ2v) is 5.94. The predicted molar refractivity (Wildman–Crippen MR) is 93.4 cm³/mol. The number of hydrogen-bond donors (Lipinski definition) is 0. The third-order valence-corrected chi connectivity index (χ3v) is 4.22. The molecule has 0 atom stereocenters. The highest BCUT2D eigenvalue weighted by Gasteiger charge is 2.19. The average Bonchev–Trinajstić information content (AvgIpc) is 3.19. The minimum Gasteiger partial charge on any atom is -0.467 e. The number of methoxy groups -OCH3 is 1. The van der Waals surface area contributed by atoms with E-state index in [1.54, 1.807) is 7.11 Å². The highest BCUT2D eigenvalue weighted by atomic mass is 16.5. The summed E-state index contributed by atoms with van der Waals surface area (Å²) < 4.78 is 10.7. The van der Waals surface area contributed by atoms with E-state index in [0.29, 0.717) is 23.2 Å². The zero-order chi connectivity index (χ0) is 17.1. The lowest BCUT2D eigenvalue weighted by molar-refractivity contribution is 0.377. The van der Waals surface area contributed by atoms with Crippen LogP contribution in [0.4, 0.5) is 5.95 Å². The maximum absolute atomic E-state index is 5.46. The quantitative estimate of drug-likeness (QED) is 0.723. The molecule has 4 rings (SSSR count). The lowest BCUT2D eigenvalue weighted by atomic mass is 10.1. The number of benzene rings is 1. The van der Waals surface area contributed by atoms with Crippen molar-refractivity contribution in [1.29, 1.82) is 0 Å². The summed E-state index contributed by atoms with van der Waals surface area (Å²) in [6.45, 7) is 1.89. The van der Waals surface area contributed by atoms with Gasteiger partial charge in [0.1, 0.15) is 0 Å². The summed E-state index contributed by atoms with van der Waals surface area (Å²) in [5.41, 5.74) is 1.52. The normalized spacial score (nSPS) is 14.5. The highest BCUT2D eigenvalue weighted by molar-refractivity contribution is 5.63. The Kier molecular flexibility index (Phi) is 4.28. The van der Waals surface area contributed by atoms with Gasteiger partial charge in [-0.1, -0.05) is 35.5 Å². The molecule has 0 unspecified atom stereocenters. The molecule has 0 aliphatic carbocycles. The maximum Gasteiger partial charge on any atom is 0.321 e. The Hall–Kier alpha value is -2.96. The molecule has 3 heterocycles. The van der Waals surface area contributed by atoms with Gasteiger partial charge in [0, 0.05) is 24.7 Å². The molecule has 7 heteroatoms. The lowest BCUT2D eigenvalue weighted by Crippen LogP contribution is -2.31. The zero-order valence-electron chi connectivity index (χ0n) is 14.1. The van der Waals surface area contributed by atoms with Crippen LogP contribution in [0.1, 0.15) is 19.3 Å². The number of ether oxygens (including phenoxy) is 1. The second-order valence-electron chi connectivity index (χ2n) is 5.94. The summed E-state index contributed by atoms with van der Waals surface area (Å²) in [6.07, 6.45) is 3.53. The summed E-state index contributed by atoms with van der Waals surface area (Å²) in [4.78, 5) is 15.5. The Morgan fingerprint density at radius 1 is 1.00 bits per heavy atom. The molecule has 0 N–H and O–H groups in total. The summed E-state index contributed by atoms with van der Waals surface area (Å²) in [5, 5.41) is 4.12. The molecule has 3 aromatic rings. The smallest absolute Gasteiger partial charge is 0.321 e. The Labute approximate surface area is 145 Å². The van der Waals surface area contributed by atoms with Gasteiger partial charge in [-0.3, -0.25) is 0 Å². The van der Waals surface area contributed by atoms with Crippen molar-refractivity contribution in [2.24, 2.45) is 0 Å².